The minimum atomic E-state index is -4.72. The van der Waals surface area contributed by atoms with E-state index in [1.165, 1.54) is 11.5 Å². The second kappa shape index (κ2) is 9.31. The molecule has 1 aliphatic rings. The number of hydrogen-bond acceptors (Lipinski definition) is 7. The van der Waals surface area contributed by atoms with Gasteiger partial charge in [0, 0.05) is 12.1 Å². The number of halogens is 4. The third-order valence-electron chi connectivity index (χ3n) is 4.80. The number of aliphatic hydroxyl groups is 1. The minimum Gasteiger partial charge on any atom is -0.479 e. The van der Waals surface area contributed by atoms with Crippen molar-refractivity contribution in [3.05, 3.63) is 47.3 Å². The first-order valence-corrected chi connectivity index (χ1v) is 11.4. The summed E-state index contributed by atoms with van der Waals surface area (Å²) >= 11 is 0.609. The number of nitrogens with zero attached hydrogens (tertiary/aromatic N) is 1. The van der Waals surface area contributed by atoms with Gasteiger partial charge in [-0.05, 0) is 43.2 Å². The summed E-state index contributed by atoms with van der Waals surface area (Å²) in [5, 5.41) is 18.6. The molecule has 1 aliphatic heterocycles. The SMILES string of the molecule is O=C(NO)C1CC(O)CCN1S(=O)(=O)c1ccc(OCc2cc(F)ccc2C(F)(F)F)s1. The van der Waals surface area contributed by atoms with E-state index in [9.17, 15) is 35.9 Å². The molecule has 2 atom stereocenters. The van der Waals surface area contributed by atoms with Crippen molar-refractivity contribution in [3.8, 4) is 5.06 Å². The summed E-state index contributed by atoms with van der Waals surface area (Å²) in [6.07, 6.45) is -5.80. The molecule has 1 aromatic carbocycles. The molecule has 3 N–H and O–H groups in total. The number of hydrogen-bond donors (Lipinski definition) is 3. The molecule has 0 radical (unpaired) electrons. The lowest BCUT2D eigenvalue weighted by Crippen LogP contribution is -2.53. The predicted octanol–water partition coefficient (Wildman–Crippen LogP) is 2.50. The number of aliphatic hydroxyl groups excluding tert-OH is 1. The number of ether oxygens (including phenoxy) is 1. The summed E-state index contributed by atoms with van der Waals surface area (Å²) in [4.78, 5) is 11.9. The van der Waals surface area contributed by atoms with Crippen molar-refractivity contribution in [2.45, 2.75) is 42.0 Å². The van der Waals surface area contributed by atoms with Gasteiger partial charge in [-0.3, -0.25) is 10.0 Å². The van der Waals surface area contributed by atoms with Crippen LogP contribution in [0.15, 0.2) is 34.5 Å². The van der Waals surface area contributed by atoms with Gasteiger partial charge < -0.3 is 9.84 Å². The summed E-state index contributed by atoms with van der Waals surface area (Å²) < 4.78 is 84.5. The van der Waals surface area contributed by atoms with E-state index in [1.54, 1.807) is 0 Å². The number of thiophene rings is 1. The molecule has 14 heteroatoms. The van der Waals surface area contributed by atoms with Gasteiger partial charge in [-0.1, -0.05) is 11.3 Å². The number of benzene rings is 1. The standard InChI is InChI=1S/C18H18F4N2O6S2/c19-11-1-2-13(18(20,21)22)10(7-11)9-30-15-3-4-16(31-15)32(28,29)24-6-5-12(25)8-14(24)17(26)23-27/h1-4,7,12,14,25,27H,5-6,8-9H2,(H,23,26). The number of carbonyl (C=O) groups excluding carboxylic acids is 1. The quantitative estimate of drug-likeness (QED) is 0.320. The lowest BCUT2D eigenvalue weighted by Gasteiger charge is -2.34. The Morgan fingerprint density at radius 3 is 2.66 bits per heavy atom. The molecule has 2 unspecified atom stereocenters. The van der Waals surface area contributed by atoms with Crippen LogP contribution in [-0.4, -0.2) is 47.6 Å². The van der Waals surface area contributed by atoms with Gasteiger partial charge in [-0.15, -0.1) is 0 Å². The predicted molar refractivity (Wildman–Crippen MR) is 103 cm³/mol. The van der Waals surface area contributed by atoms with Crippen LogP contribution in [0.4, 0.5) is 17.6 Å². The van der Waals surface area contributed by atoms with E-state index in [0.29, 0.717) is 29.5 Å². The highest BCUT2D eigenvalue weighted by Gasteiger charge is 2.41. The van der Waals surface area contributed by atoms with Crippen LogP contribution in [0.25, 0.3) is 0 Å². The van der Waals surface area contributed by atoms with Crippen molar-refractivity contribution in [3.63, 3.8) is 0 Å². The van der Waals surface area contributed by atoms with Crippen LogP contribution < -0.4 is 10.2 Å². The number of carbonyl (C=O) groups is 1. The zero-order valence-corrected chi connectivity index (χ0v) is 17.8. The molecule has 0 saturated carbocycles. The molecule has 1 amide bonds. The first-order valence-electron chi connectivity index (χ1n) is 9.15. The molecule has 32 heavy (non-hydrogen) atoms. The van der Waals surface area contributed by atoms with Crippen molar-refractivity contribution in [2.75, 3.05) is 6.54 Å². The van der Waals surface area contributed by atoms with Crippen molar-refractivity contribution >= 4 is 27.3 Å². The van der Waals surface area contributed by atoms with Crippen LogP contribution in [0.1, 0.15) is 24.0 Å². The maximum Gasteiger partial charge on any atom is 0.416 e. The van der Waals surface area contributed by atoms with E-state index in [-0.39, 0.29) is 28.7 Å². The fourth-order valence-electron chi connectivity index (χ4n) is 3.27. The third kappa shape index (κ3) is 5.20. The van der Waals surface area contributed by atoms with Crippen molar-refractivity contribution < 1.29 is 45.8 Å². The Bertz CT molecular complexity index is 1090. The lowest BCUT2D eigenvalue weighted by molar-refractivity contribution is -0.138. The number of amides is 1. The van der Waals surface area contributed by atoms with E-state index in [1.807, 2.05) is 0 Å². The van der Waals surface area contributed by atoms with Crippen molar-refractivity contribution in [1.82, 2.24) is 9.79 Å². The monoisotopic (exact) mass is 498 g/mol. The number of piperidine rings is 1. The molecule has 1 saturated heterocycles. The van der Waals surface area contributed by atoms with E-state index in [0.717, 1.165) is 10.4 Å². The van der Waals surface area contributed by atoms with Crippen molar-refractivity contribution in [1.29, 1.82) is 0 Å². The lowest BCUT2D eigenvalue weighted by atomic mass is 10.0. The minimum absolute atomic E-state index is 0.0406. The van der Waals surface area contributed by atoms with Gasteiger partial charge in [-0.25, -0.2) is 18.3 Å². The van der Waals surface area contributed by atoms with E-state index >= 15 is 0 Å². The Morgan fingerprint density at radius 2 is 2.00 bits per heavy atom. The Hall–Kier alpha value is -2.26. The topological polar surface area (TPSA) is 116 Å². The molecule has 3 rings (SSSR count). The molecule has 2 aromatic rings. The average molecular weight is 498 g/mol. The number of alkyl halides is 3. The number of rotatable bonds is 6. The van der Waals surface area contributed by atoms with Gasteiger partial charge in [-0.2, -0.15) is 17.5 Å². The van der Waals surface area contributed by atoms with Crippen LogP contribution in [0.3, 0.4) is 0 Å². The van der Waals surface area contributed by atoms with Gasteiger partial charge in [0.15, 0.2) is 5.06 Å². The Morgan fingerprint density at radius 1 is 1.28 bits per heavy atom. The zero-order valence-electron chi connectivity index (χ0n) is 16.2. The number of hydroxylamine groups is 1. The summed E-state index contributed by atoms with van der Waals surface area (Å²) in [6, 6.07) is 2.99. The highest BCUT2D eigenvalue weighted by Crippen LogP contribution is 2.36. The Labute approximate surface area is 184 Å². The highest BCUT2D eigenvalue weighted by molar-refractivity contribution is 7.91. The summed E-state index contributed by atoms with van der Waals surface area (Å²) in [7, 11) is -4.24. The second-order valence-electron chi connectivity index (χ2n) is 6.95. The summed E-state index contributed by atoms with van der Waals surface area (Å²) in [6.45, 7) is -0.841. The van der Waals surface area contributed by atoms with Crippen molar-refractivity contribution in [2.24, 2.45) is 0 Å². The van der Waals surface area contributed by atoms with Gasteiger partial charge >= 0.3 is 6.18 Å². The van der Waals surface area contributed by atoms with Gasteiger partial charge in [0.1, 0.15) is 22.7 Å². The molecule has 0 spiro atoms. The van der Waals surface area contributed by atoms with Crippen LogP contribution in [0, 0.1) is 5.82 Å². The molecule has 0 aliphatic carbocycles. The third-order valence-corrected chi connectivity index (χ3v) is 8.17. The molecule has 176 valence electrons. The smallest absolute Gasteiger partial charge is 0.416 e. The normalized spacial score (nSPS) is 20.2. The molecular formula is C18H18F4N2O6S2. The van der Waals surface area contributed by atoms with E-state index < -0.39 is 57.8 Å². The molecule has 1 fully saturated rings. The molecular weight excluding hydrogens is 480 g/mol. The first-order chi connectivity index (χ1) is 14.9. The Kier molecular flexibility index (Phi) is 7.09. The number of sulfonamides is 1. The van der Waals surface area contributed by atoms with Crippen LogP contribution in [-0.2, 0) is 27.6 Å². The summed E-state index contributed by atoms with van der Waals surface area (Å²) in [5.74, 6) is -1.89. The Balaban J connectivity index is 1.80. The van der Waals surface area contributed by atoms with Crippen LogP contribution in [0.2, 0.25) is 0 Å². The fourth-order valence-corrected chi connectivity index (χ4v) is 6.14. The van der Waals surface area contributed by atoms with Crippen LogP contribution in [0.5, 0.6) is 5.06 Å². The number of nitrogens with one attached hydrogen (secondary N) is 1. The maximum atomic E-state index is 13.4. The molecule has 1 aromatic heterocycles. The van der Waals surface area contributed by atoms with Crippen LogP contribution >= 0.6 is 11.3 Å². The largest absolute Gasteiger partial charge is 0.479 e. The van der Waals surface area contributed by atoms with E-state index in [2.05, 4.69) is 0 Å². The zero-order chi connectivity index (χ0) is 23.7. The fraction of sp³-hybridized carbons (Fsp3) is 0.389. The van der Waals surface area contributed by atoms with Gasteiger partial charge in [0.25, 0.3) is 15.9 Å². The average Bonchev–Trinajstić information content (AvgIpc) is 3.20. The first kappa shape index (κ1) is 24.4. The highest BCUT2D eigenvalue weighted by atomic mass is 32.2. The molecule has 8 nitrogen and oxygen atoms in total. The second-order valence-corrected chi connectivity index (χ2v) is 10.1. The van der Waals surface area contributed by atoms with Gasteiger partial charge in [0.2, 0.25) is 0 Å². The summed E-state index contributed by atoms with van der Waals surface area (Å²) in [5.41, 5.74) is -0.160. The van der Waals surface area contributed by atoms with Gasteiger partial charge in [0.05, 0.1) is 11.7 Å². The molecule has 2 heterocycles. The molecule has 0 bridgehead atoms. The maximum absolute atomic E-state index is 13.4. The van der Waals surface area contributed by atoms with E-state index in [4.69, 9.17) is 9.94 Å².